The molecule has 2 aromatic rings. The first-order chi connectivity index (χ1) is 10.7. The van der Waals surface area contributed by atoms with Crippen molar-refractivity contribution in [3.63, 3.8) is 0 Å². The molecular formula is C15H21N5O2. The van der Waals surface area contributed by atoms with Crippen LogP contribution in [0.2, 0.25) is 0 Å². The van der Waals surface area contributed by atoms with E-state index in [-0.39, 0.29) is 5.91 Å². The van der Waals surface area contributed by atoms with Crippen molar-refractivity contribution >= 4 is 11.7 Å². The van der Waals surface area contributed by atoms with Gasteiger partial charge in [-0.25, -0.2) is 0 Å². The zero-order valence-corrected chi connectivity index (χ0v) is 12.7. The van der Waals surface area contributed by atoms with Gasteiger partial charge in [0.25, 0.3) is 0 Å². The molecule has 1 aliphatic heterocycles. The Balaban J connectivity index is 1.46. The van der Waals surface area contributed by atoms with Crippen LogP contribution in [0.3, 0.4) is 0 Å². The van der Waals surface area contributed by atoms with E-state index in [0.29, 0.717) is 24.0 Å². The second-order valence-corrected chi connectivity index (χ2v) is 5.68. The zero-order valence-electron chi connectivity index (χ0n) is 12.7. The lowest BCUT2D eigenvalue weighted by Crippen LogP contribution is -2.35. The maximum Gasteiger partial charge on any atom is 0.226 e. The highest BCUT2D eigenvalue weighted by Gasteiger charge is 2.25. The van der Waals surface area contributed by atoms with Crippen molar-refractivity contribution < 1.29 is 9.32 Å². The molecule has 22 heavy (non-hydrogen) atoms. The van der Waals surface area contributed by atoms with Crippen molar-refractivity contribution in [3.05, 3.63) is 30.3 Å². The van der Waals surface area contributed by atoms with E-state index < -0.39 is 0 Å². The molecule has 0 bridgehead atoms. The van der Waals surface area contributed by atoms with Crippen LogP contribution in [-0.2, 0) is 11.3 Å². The van der Waals surface area contributed by atoms with Gasteiger partial charge in [-0.15, -0.1) is 0 Å². The number of hydrogen-bond acceptors (Lipinski definition) is 5. The standard InChI is InChI=1S/C15H21N5O2/c1-12-10-14(18-22-12)17-15(21)5-9-19-7-2-4-13(19)11-20-8-3-6-16-20/h3,6,8,10,13H,2,4-5,7,9,11H2,1H3,(H,17,18,21)/t13-/m0/s1. The molecule has 0 unspecified atom stereocenters. The maximum absolute atomic E-state index is 12.0. The average Bonchev–Trinajstić information content (AvgIpc) is 3.21. The van der Waals surface area contributed by atoms with Gasteiger partial charge in [0.1, 0.15) is 5.76 Å². The average molecular weight is 303 g/mol. The third-order valence-corrected chi connectivity index (χ3v) is 3.98. The Morgan fingerprint density at radius 1 is 1.55 bits per heavy atom. The van der Waals surface area contributed by atoms with Gasteiger partial charge in [0.2, 0.25) is 5.91 Å². The van der Waals surface area contributed by atoms with Crippen LogP contribution in [0.4, 0.5) is 5.82 Å². The van der Waals surface area contributed by atoms with Crippen LogP contribution in [0.1, 0.15) is 25.0 Å². The highest BCUT2D eigenvalue weighted by molar-refractivity contribution is 5.89. The number of likely N-dealkylation sites (tertiary alicyclic amines) is 1. The Bertz CT molecular complexity index is 607. The third-order valence-electron chi connectivity index (χ3n) is 3.98. The summed E-state index contributed by atoms with van der Waals surface area (Å²) in [7, 11) is 0. The van der Waals surface area contributed by atoms with E-state index in [2.05, 4.69) is 20.5 Å². The van der Waals surface area contributed by atoms with Crippen molar-refractivity contribution in [1.29, 1.82) is 0 Å². The van der Waals surface area contributed by atoms with E-state index in [1.165, 1.54) is 6.42 Å². The quantitative estimate of drug-likeness (QED) is 0.878. The fourth-order valence-corrected chi connectivity index (χ4v) is 2.90. The number of hydrogen-bond donors (Lipinski definition) is 1. The fraction of sp³-hybridized carbons (Fsp3) is 0.533. The highest BCUT2D eigenvalue weighted by Crippen LogP contribution is 2.19. The first kappa shape index (κ1) is 14.8. The minimum atomic E-state index is -0.0296. The smallest absolute Gasteiger partial charge is 0.226 e. The van der Waals surface area contributed by atoms with Crippen LogP contribution in [0.25, 0.3) is 0 Å². The summed E-state index contributed by atoms with van der Waals surface area (Å²) in [5.74, 6) is 1.14. The molecule has 0 aromatic carbocycles. The van der Waals surface area contributed by atoms with Gasteiger partial charge in [-0.3, -0.25) is 14.4 Å². The molecule has 3 rings (SSSR count). The second kappa shape index (κ2) is 6.74. The Labute approximate surface area is 129 Å². The summed E-state index contributed by atoms with van der Waals surface area (Å²) in [4.78, 5) is 14.3. The molecule has 0 radical (unpaired) electrons. The molecule has 1 N–H and O–H groups in total. The number of aryl methyl sites for hydroxylation is 1. The summed E-state index contributed by atoms with van der Waals surface area (Å²) >= 11 is 0. The third kappa shape index (κ3) is 3.73. The summed E-state index contributed by atoms with van der Waals surface area (Å²) in [6, 6.07) is 4.11. The van der Waals surface area contributed by atoms with Crippen molar-refractivity contribution in [1.82, 2.24) is 19.8 Å². The first-order valence-corrected chi connectivity index (χ1v) is 7.65. The van der Waals surface area contributed by atoms with E-state index in [1.807, 2.05) is 16.9 Å². The maximum atomic E-state index is 12.0. The van der Waals surface area contributed by atoms with Gasteiger partial charge in [-0.1, -0.05) is 5.16 Å². The molecule has 7 nitrogen and oxygen atoms in total. The fourth-order valence-electron chi connectivity index (χ4n) is 2.90. The molecule has 1 aliphatic rings. The predicted molar refractivity (Wildman–Crippen MR) is 81.3 cm³/mol. The SMILES string of the molecule is Cc1cc(NC(=O)CCN2CCC[C@H]2Cn2cccn2)no1. The number of anilines is 1. The number of amides is 1. The van der Waals surface area contributed by atoms with E-state index in [0.717, 1.165) is 26.1 Å². The number of nitrogens with zero attached hydrogens (tertiary/aromatic N) is 4. The van der Waals surface area contributed by atoms with Gasteiger partial charge in [-0.2, -0.15) is 5.10 Å². The number of aromatic nitrogens is 3. The van der Waals surface area contributed by atoms with Crippen molar-refractivity contribution in [3.8, 4) is 0 Å². The van der Waals surface area contributed by atoms with E-state index >= 15 is 0 Å². The van der Waals surface area contributed by atoms with Gasteiger partial charge >= 0.3 is 0 Å². The van der Waals surface area contributed by atoms with Crippen LogP contribution in [-0.4, -0.2) is 44.9 Å². The van der Waals surface area contributed by atoms with Crippen molar-refractivity contribution in [2.24, 2.45) is 0 Å². The number of carbonyl (C=O) groups excluding carboxylic acids is 1. The molecule has 1 fully saturated rings. The highest BCUT2D eigenvalue weighted by atomic mass is 16.5. The predicted octanol–water partition coefficient (Wildman–Crippen LogP) is 1.67. The molecule has 2 aromatic heterocycles. The molecule has 3 heterocycles. The molecule has 7 heteroatoms. The van der Waals surface area contributed by atoms with Gasteiger partial charge < -0.3 is 9.84 Å². The van der Waals surface area contributed by atoms with Gasteiger partial charge in [0, 0.05) is 37.5 Å². The van der Waals surface area contributed by atoms with E-state index in [4.69, 9.17) is 4.52 Å². The molecule has 0 spiro atoms. The normalized spacial score (nSPS) is 18.7. The number of nitrogens with one attached hydrogen (secondary N) is 1. The van der Waals surface area contributed by atoms with E-state index in [1.54, 1.807) is 19.2 Å². The zero-order chi connectivity index (χ0) is 15.4. The van der Waals surface area contributed by atoms with Crippen LogP contribution >= 0.6 is 0 Å². The summed E-state index contributed by atoms with van der Waals surface area (Å²) in [5, 5.41) is 10.8. The Morgan fingerprint density at radius 2 is 2.45 bits per heavy atom. The van der Waals surface area contributed by atoms with Crippen LogP contribution < -0.4 is 5.32 Å². The molecule has 1 atom stereocenters. The molecule has 0 saturated carbocycles. The first-order valence-electron chi connectivity index (χ1n) is 7.65. The summed E-state index contributed by atoms with van der Waals surface area (Å²) in [6.07, 6.45) is 6.57. The Hall–Kier alpha value is -2.15. The largest absolute Gasteiger partial charge is 0.360 e. The molecule has 1 saturated heterocycles. The van der Waals surface area contributed by atoms with Crippen LogP contribution in [0.5, 0.6) is 0 Å². The number of carbonyl (C=O) groups is 1. The lowest BCUT2D eigenvalue weighted by atomic mass is 10.2. The Kier molecular flexibility index (Phi) is 4.53. The van der Waals surface area contributed by atoms with E-state index in [9.17, 15) is 4.79 Å². The van der Waals surface area contributed by atoms with Crippen LogP contribution in [0, 0.1) is 6.92 Å². The second-order valence-electron chi connectivity index (χ2n) is 5.68. The topological polar surface area (TPSA) is 76.2 Å². The minimum absolute atomic E-state index is 0.0296. The van der Waals surface area contributed by atoms with Crippen molar-refractivity contribution in [2.75, 3.05) is 18.4 Å². The molecular weight excluding hydrogens is 282 g/mol. The monoisotopic (exact) mass is 303 g/mol. The van der Waals surface area contributed by atoms with Crippen molar-refractivity contribution in [2.45, 2.75) is 38.8 Å². The van der Waals surface area contributed by atoms with Gasteiger partial charge in [0.15, 0.2) is 5.82 Å². The summed E-state index contributed by atoms with van der Waals surface area (Å²) in [6.45, 7) is 4.49. The molecule has 1 amide bonds. The molecule has 118 valence electrons. The van der Waals surface area contributed by atoms with Gasteiger partial charge in [-0.05, 0) is 32.4 Å². The summed E-state index contributed by atoms with van der Waals surface area (Å²) < 4.78 is 6.89. The summed E-state index contributed by atoms with van der Waals surface area (Å²) in [5.41, 5.74) is 0. The van der Waals surface area contributed by atoms with Gasteiger partial charge in [0.05, 0.1) is 6.54 Å². The number of rotatable bonds is 6. The lowest BCUT2D eigenvalue weighted by Gasteiger charge is -2.24. The minimum Gasteiger partial charge on any atom is -0.360 e. The lowest BCUT2D eigenvalue weighted by molar-refractivity contribution is -0.116. The Morgan fingerprint density at radius 3 is 3.18 bits per heavy atom. The molecule has 0 aliphatic carbocycles. The van der Waals surface area contributed by atoms with Crippen LogP contribution in [0.15, 0.2) is 29.0 Å².